The van der Waals surface area contributed by atoms with E-state index in [1.54, 1.807) is 73.6 Å². The number of hydrogen-bond donors (Lipinski definition) is 3. The lowest BCUT2D eigenvalue weighted by Gasteiger charge is -2.31. The Morgan fingerprint density at radius 1 is 0.519 bits per heavy atom. The van der Waals surface area contributed by atoms with Crippen LogP contribution in [0.3, 0.4) is 0 Å². The van der Waals surface area contributed by atoms with Crippen molar-refractivity contribution >= 4 is 23.8 Å². The van der Waals surface area contributed by atoms with Crippen molar-refractivity contribution in [2.24, 2.45) is 11.8 Å². The number of aryl methyl sites for hydroxylation is 2. The Hall–Kier alpha value is -8.54. The summed E-state index contributed by atoms with van der Waals surface area (Å²) in [6.45, 7) is 17.4. The molecule has 2 aromatic heterocycles. The molecule has 14 nitrogen and oxygen atoms in total. The van der Waals surface area contributed by atoms with Crippen LogP contribution in [0.1, 0.15) is 213 Å². The number of pyridine rings is 2. The Bertz CT molecular complexity index is 4490. The van der Waals surface area contributed by atoms with Crippen molar-refractivity contribution in [3.05, 3.63) is 183 Å². The van der Waals surface area contributed by atoms with E-state index < -0.39 is 170 Å². The van der Waals surface area contributed by atoms with Crippen LogP contribution in [0.15, 0.2) is 70.5 Å². The Labute approximate surface area is 613 Å². The van der Waals surface area contributed by atoms with Crippen LogP contribution in [0.25, 0.3) is 22.3 Å². The SMILES string of the molecule is CCOC(=O)C[C@H](NC(=O)C(CC(C)C)n1cc(CCN2CCC2)c(C(F)(F)F)cc1=O)c1c(F)c(-c2c(C)ccc(C3CC3)c2C)cc(C(F)(F)F)c1F.Cc1ccc(C2CC2)c(C)c1-c1cc(C(F)(F)F)c(F)c([C@H](CC(=O)O)NC(=O)C(CC(C)C)n2cc(CCN3CCC3)c(C(F)(F)F)cc2=O)c1F. The number of carbonyl (C=O) groups is 4. The quantitative estimate of drug-likeness (QED) is 0.0333. The van der Waals surface area contributed by atoms with Crippen LogP contribution in [-0.2, 0) is 61.5 Å². The Morgan fingerprint density at radius 3 is 1.17 bits per heavy atom. The first-order chi connectivity index (χ1) is 50.4. The zero-order valence-corrected chi connectivity index (χ0v) is 61.0. The number of carboxylic acids is 1. The summed E-state index contributed by atoms with van der Waals surface area (Å²) in [7, 11) is 0. The van der Waals surface area contributed by atoms with E-state index in [4.69, 9.17) is 4.74 Å². The molecule has 0 bridgehead atoms. The summed E-state index contributed by atoms with van der Waals surface area (Å²) < 4.78 is 244. The molecule has 2 unspecified atom stereocenters. The molecule has 6 aromatic rings. The van der Waals surface area contributed by atoms with Gasteiger partial charge in [0, 0.05) is 59.9 Å². The van der Waals surface area contributed by atoms with Gasteiger partial charge in [-0.25, -0.2) is 17.6 Å². The number of alkyl halides is 12. The largest absolute Gasteiger partial charge is 0.481 e. The van der Waals surface area contributed by atoms with Crippen molar-refractivity contribution in [3.8, 4) is 22.3 Å². The standard InChI is InChI=1S/C40H45F8N3O4.C38H41F8N3O4/c1-6-55-33(53)19-30(35-36(41)27(17-29(37(35)42)40(46,47)48)34-22(4)8-11-26(23(34)5)24-9-10-24)49-38(54)31(16-21(2)3)51-20-25(12-15-50-13-7-14-50)28(18-32(51)52)39(43,44)45;1-19(2)14-29(49-18-23(10-13-48-11-5-12-48)26(16-30(49)50)37(41,42)43)36(53)47-28(17-31(51)52)33-34(39)25(15-27(35(33)40)38(44,45)46)32-20(3)6-9-24(21(32)4)22-7-8-22/h8,11,17-18,20-21,24,30-31H,6-7,9-10,12-16,19H2,1-5H3,(H,49,54);6,9,15-16,18-19,22,28-29H,5,7-8,10-14,17H2,1-4H3,(H,47,53)(H,51,52)/t30-,31?;28-,29?/m00/s1. The normalized spacial score (nSPS) is 16.3. The van der Waals surface area contributed by atoms with Gasteiger partial charge in [0.2, 0.25) is 11.8 Å². The van der Waals surface area contributed by atoms with E-state index in [2.05, 4.69) is 10.6 Å². The molecule has 0 spiro atoms. The van der Waals surface area contributed by atoms with Crippen molar-refractivity contribution < 1.29 is 99.3 Å². The summed E-state index contributed by atoms with van der Waals surface area (Å²) in [6, 6.07) is 0.804. The number of aliphatic carboxylic acids is 1. The summed E-state index contributed by atoms with van der Waals surface area (Å²) in [5.41, 5.74) is -9.35. The number of benzene rings is 4. The van der Waals surface area contributed by atoms with Gasteiger partial charge < -0.3 is 39.4 Å². The summed E-state index contributed by atoms with van der Waals surface area (Å²) >= 11 is 0. The lowest BCUT2D eigenvalue weighted by Crippen LogP contribution is -2.41. The second kappa shape index (κ2) is 33.3. The molecule has 588 valence electrons. The van der Waals surface area contributed by atoms with Crippen molar-refractivity contribution in [2.45, 2.75) is 200 Å². The fourth-order valence-corrected chi connectivity index (χ4v) is 14.4. The molecular formula is C78H86F16N6O8. The minimum absolute atomic E-state index is 0.0683. The van der Waals surface area contributed by atoms with Crippen LogP contribution in [0.2, 0.25) is 0 Å². The van der Waals surface area contributed by atoms with E-state index in [-0.39, 0.29) is 85.4 Å². The smallest absolute Gasteiger partial charge is 0.419 e. The van der Waals surface area contributed by atoms with E-state index in [0.29, 0.717) is 72.7 Å². The maximum Gasteiger partial charge on any atom is 0.419 e. The van der Waals surface area contributed by atoms with Gasteiger partial charge in [-0.05, 0) is 216 Å². The van der Waals surface area contributed by atoms with Gasteiger partial charge in [0.25, 0.3) is 11.1 Å². The Kier molecular flexibility index (Phi) is 25.8. The van der Waals surface area contributed by atoms with E-state index >= 15 is 17.6 Å². The number of halogens is 16. The zero-order chi connectivity index (χ0) is 79.7. The predicted molar refractivity (Wildman–Crippen MR) is 370 cm³/mol. The maximum atomic E-state index is 16.9. The topological polar surface area (TPSA) is 172 Å². The van der Waals surface area contributed by atoms with Crippen LogP contribution < -0.4 is 21.8 Å². The number of nitrogens with one attached hydrogen (secondary N) is 2. The molecule has 2 aliphatic heterocycles. The molecule has 2 aliphatic carbocycles. The molecule has 108 heavy (non-hydrogen) atoms. The number of ether oxygens (including phenoxy) is 1. The molecule has 4 aromatic carbocycles. The summed E-state index contributed by atoms with van der Waals surface area (Å²) in [4.78, 5) is 83.7. The number of aromatic nitrogens is 2. The third-order valence-corrected chi connectivity index (χ3v) is 20.4. The van der Waals surface area contributed by atoms with Gasteiger partial charge in [0.1, 0.15) is 35.4 Å². The molecule has 2 amide bonds. The van der Waals surface area contributed by atoms with E-state index in [1.807, 2.05) is 15.9 Å². The van der Waals surface area contributed by atoms with Gasteiger partial charge in [0.05, 0.1) is 53.8 Å². The highest BCUT2D eigenvalue weighted by Gasteiger charge is 2.45. The minimum atomic E-state index is -5.37. The van der Waals surface area contributed by atoms with Crippen LogP contribution in [-0.4, -0.2) is 93.7 Å². The van der Waals surface area contributed by atoms with Crippen molar-refractivity contribution in [3.63, 3.8) is 0 Å². The number of hydrogen-bond acceptors (Lipinski definition) is 9. The average Bonchev–Trinajstić information content (AvgIpc) is 0.880. The highest BCUT2D eigenvalue weighted by molar-refractivity contribution is 5.84. The number of esters is 1. The van der Waals surface area contributed by atoms with Gasteiger partial charge >= 0.3 is 36.6 Å². The fraction of sp³-hybridized carbons (Fsp3) is 0.513. The second-order valence-electron chi connectivity index (χ2n) is 29.3. The monoisotopic (exact) mass is 1540 g/mol. The molecule has 10 rings (SSSR count). The summed E-state index contributed by atoms with van der Waals surface area (Å²) in [6.07, 6.45) is -16.5. The van der Waals surface area contributed by atoms with Crippen LogP contribution in [0, 0.1) is 62.8 Å². The highest BCUT2D eigenvalue weighted by Crippen LogP contribution is 2.50. The lowest BCUT2D eigenvalue weighted by molar-refractivity contribution is -0.144. The predicted octanol–water partition coefficient (Wildman–Crippen LogP) is 17.5. The molecule has 4 heterocycles. The lowest BCUT2D eigenvalue weighted by atomic mass is 9.86. The molecular weight excluding hydrogens is 1450 g/mol. The van der Waals surface area contributed by atoms with Gasteiger partial charge in [-0.15, -0.1) is 0 Å². The number of nitrogens with zero attached hydrogens (tertiary/aromatic N) is 4. The molecule has 3 N–H and O–H groups in total. The number of likely N-dealkylation sites (tertiary alicyclic amines) is 2. The molecule has 2 saturated carbocycles. The first kappa shape index (κ1) is 83.5. The minimum Gasteiger partial charge on any atom is -0.481 e. The maximum absolute atomic E-state index is 16.9. The van der Waals surface area contributed by atoms with E-state index in [0.717, 1.165) is 71.2 Å². The summed E-state index contributed by atoms with van der Waals surface area (Å²) in [5, 5.41) is 14.3. The second-order valence-corrected chi connectivity index (χ2v) is 29.3. The number of rotatable bonds is 27. The molecule has 4 aliphatic rings. The third-order valence-electron chi connectivity index (χ3n) is 20.4. The van der Waals surface area contributed by atoms with Gasteiger partial charge in [-0.2, -0.15) is 52.7 Å². The van der Waals surface area contributed by atoms with Crippen molar-refractivity contribution in [2.75, 3.05) is 45.9 Å². The number of carboxylic acid groups (broad SMARTS) is 1. The zero-order valence-electron chi connectivity index (χ0n) is 61.0. The molecule has 4 atom stereocenters. The Morgan fingerprint density at radius 2 is 0.870 bits per heavy atom. The van der Waals surface area contributed by atoms with Gasteiger partial charge in [0.15, 0.2) is 0 Å². The van der Waals surface area contributed by atoms with Crippen molar-refractivity contribution in [1.29, 1.82) is 0 Å². The fourth-order valence-electron chi connectivity index (χ4n) is 14.4. The average molecular weight is 1540 g/mol. The first-order valence-electron chi connectivity index (χ1n) is 35.9. The molecule has 4 fully saturated rings. The third kappa shape index (κ3) is 19.4. The van der Waals surface area contributed by atoms with Crippen LogP contribution in [0.5, 0.6) is 0 Å². The molecule has 2 saturated heterocycles. The highest BCUT2D eigenvalue weighted by atomic mass is 19.4. The van der Waals surface area contributed by atoms with Crippen LogP contribution >= 0.6 is 0 Å². The Balaban J connectivity index is 0.000000249. The van der Waals surface area contributed by atoms with Gasteiger partial charge in [-0.1, -0.05) is 52.0 Å². The number of carbonyl (C=O) groups excluding carboxylic acids is 3. The molecule has 0 radical (unpaired) electrons. The molecule has 30 heteroatoms. The first-order valence-corrected chi connectivity index (χ1v) is 35.9. The van der Waals surface area contributed by atoms with Crippen LogP contribution in [0.4, 0.5) is 70.2 Å². The van der Waals surface area contributed by atoms with E-state index in [1.165, 1.54) is 6.92 Å². The van der Waals surface area contributed by atoms with Gasteiger partial charge in [-0.3, -0.25) is 28.8 Å². The number of amides is 2. The van der Waals surface area contributed by atoms with E-state index in [9.17, 15) is 86.6 Å². The summed E-state index contributed by atoms with van der Waals surface area (Å²) in [5.74, 6) is -12.9. The van der Waals surface area contributed by atoms with Crippen molar-refractivity contribution in [1.82, 2.24) is 29.6 Å².